The predicted octanol–water partition coefficient (Wildman–Crippen LogP) is 2.80. The Kier molecular flexibility index (Phi) is 5.09. The highest BCUT2D eigenvalue weighted by Gasteiger charge is 2.05. The van der Waals surface area contributed by atoms with Crippen LogP contribution in [0.2, 0.25) is 4.34 Å². The van der Waals surface area contributed by atoms with Gasteiger partial charge in [-0.25, -0.2) is 0 Å². The second-order valence-electron chi connectivity index (χ2n) is 4.15. The van der Waals surface area contributed by atoms with Crippen molar-refractivity contribution < 1.29 is 0 Å². The lowest BCUT2D eigenvalue weighted by molar-refractivity contribution is 0.494. The number of aliphatic imine (C=N–C) groups is 1. The Bertz CT molecular complexity index is 360. The number of halogens is 1. The molecule has 16 heavy (non-hydrogen) atoms. The van der Waals surface area contributed by atoms with Crippen LogP contribution in [0.25, 0.3) is 0 Å². The van der Waals surface area contributed by atoms with Crippen LogP contribution in [0.5, 0.6) is 0 Å². The maximum Gasteiger partial charge on any atom is 0.191 e. The Morgan fingerprint density at radius 2 is 2.25 bits per heavy atom. The van der Waals surface area contributed by atoms with E-state index < -0.39 is 0 Å². The first kappa shape index (κ1) is 13.3. The van der Waals surface area contributed by atoms with E-state index in [2.05, 4.69) is 18.8 Å². The lowest BCUT2D eigenvalue weighted by atomic mass is 10.2. The Morgan fingerprint density at radius 3 is 2.75 bits per heavy atom. The van der Waals surface area contributed by atoms with Crippen molar-refractivity contribution in [2.45, 2.75) is 20.4 Å². The van der Waals surface area contributed by atoms with E-state index in [1.807, 2.05) is 24.1 Å². The SMILES string of the molecule is CC(C)CN=C(N)N(C)Cc1ccc(Cl)s1. The van der Waals surface area contributed by atoms with E-state index in [-0.39, 0.29) is 0 Å². The zero-order valence-electron chi connectivity index (χ0n) is 9.90. The van der Waals surface area contributed by atoms with Gasteiger partial charge in [-0.2, -0.15) is 0 Å². The van der Waals surface area contributed by atoms with Gasteiger partial charge in [-0.1, -0.05) is 25.4 Å². The van der Waals surface area contributed by atoms with Crippen molar-refractivity contribution in [1.82, 2.24) is 4.90 Å². The van der Waals surface area contributed by atoms with Crippen LogP contribution >= 0.6 is 22.9 Å². The van der Waals surface area contributed by atoms with Gasteiger partial charge in [0.15, 0.2) is 5.96 Å². The molecule has 0 aliphatic carbocycles. The van der Waals surface area contributed by atoms with E-state index in [1.165, 1.54) is 4.88 Å². The Balaban J connectivity index is 2.51. The molecule has 0 aliphatic rings. The third-order valence-corrected chi connectivity index (χ3v) is 3.25. The van der Waals surface area contributed by atoms with Crippen LogP contribution in [-0.2, 0) is 6.54 Å². The normalized spacial score (nSPS) is 12.2. The number of hydrogen-bond donors (Lipinski definition) is 1. The average Bonchev–Trinajstić information content (AvgIpc) is 2.60. The van der Waals surface area contributed by atoms with Gasteiger partial charge >= 0.3 is 0 Å². The van der Waals surface area contributed by atoms with Crippen LogP contribution in [0.3, 0.4) is 0 Å². The minimum atomic E-state index is 0.531. The fraction of sp³-hybridized carbons (Fsp3) is 0.545. The molecule has 3 nitrogen and oxygen atoms in total. The second-order valence-corrected chi connectivity index (χ2v) is 5.95. The number of guanidine groups is 1. The number of nitrogens with zero attached hydrogens (tertiary/aromatic N) is 2. The largest absolute Gasteiger partial charge is 0.370 e. The minimum absolute atomic E-state index is 0.531. The predicted molar refractivity (Wildman–Crippen MR) is 72.1 cm³/mol. The molecule has 90 valence electrons. The Morgan fingerprint density at radius 1 is 1.56 bits per heavy atom. The summed E-state index contributed by atoms with van der Waals surface area (Å²) in [6.07, 6.45) is 0. The van der Waals surface area contributed by atoms with E-state index in [1.54, 1.807) is 11.3 Å². The van der Waals surface area contributed by atoms with Crippen LogP contribution in [0.1, 0.15) is 18.7 Å². The minimum Gasteiger partial charge on any atom is -0.370 e. The molecule has 0 aliphatic heterocycles. The number of rotatable bonds is 4. The number of hydrogen-bond acceptors (Lipinski definition) is 2. The topological polar surface area (TPSA) is 41.6 Å². The maximum absolute atomic E-state index is 5.87. The second kappa shape index (κ2) is 6.11. The molecule has 0 aromatic carbocycles. The van der Waals surface area contributed by atoms with E-state index in [4.69, 9.17) is 17.3 Å². The molecule has 1 aromatic heterocycles. The summed E-state index contributed by atoms with van der Waals surface area (Å²) in [5.74, 6) is 1.11. The fourth-order valence-corrected chi connectivity index (χ4v) is 2.29. The van der Waals surface area contributed by atoms with Crippen molar-refractivity contribution in [3.05, 3.63) is 21.3 Å². The molecule has 0 amide bonds. The highest BCUT2D eigenvalue weighted by atomic mass is 35.5. The third-order valence-electron chi connectivity index (χ3n) is 2.03. The van der Waals surface area contributed by atoms with Gasteiger partial charge in [0.05, 0.1) is 10.9 Å². The molecular weight excluding hydrogens is 242 g/mol. The third kappa shape index (κ3) is 4.41. The average molecular weight is 260 g/mol. The van der Waals surface area contributed by atoms with Gasteiger partial charge < -0.3 is 10.6 Å². The first-order valence-corrected chi connectivity index (χ1v) is 6.43. The molecule has 0 saturated carbocycles. The molecule has 5 heteroatoms. The van der Waals surface area contributed by atoms with E-state index in [9.17, 15) is 0 Å². The molecule has 0 atom stereocenters. The van der Waals surface area contributed by atoms with Gasteiger partial charge in [0, 0.05) is 18.5 Å². The summed E-state index contributed by atoms with van der Waals surface area (Å²) in [7, 11) is 1.94. The monoisotopic (exact) mass is 259 g/mol. The first-order valence-electron chi connectivity index (χ1n) is 5.24. The summed E-state index contributed by atoms with van der Waals surface area (Å²) in [5.41, 5.74) is 5.87. The van der Waals surface area contributed by atoms with Crippen molar-refractivity contribution in [1.29, 1.82) is 0 Å². The van der Waals surface area contributed by atoms with E-state index in [0.29, 0.717) is 11.9 Å². The van der Waals surface area contributed by atoms with Crippen LogP contribution < -0.4 is 5.73 Å². The summed E-state index contributed by atoms with van der Waals surface area (Å²) in [4.78, 5) is 7.44. The number of thiophene rings is 1. The molecule has 1 heterocycles. The summed E-state index contributed by atoms with van der Waals surface area (Å²) in [6.45, 7) is 5.76. The van der Waals surface area contributed by atoms with E-state index in [0.717, 1.165) is 17.4 Å². The summed E-state index contributed by atoms with van der Waals surface area (Å²) in [6, 6.07) is 3.91. The quantitative estimate of drug-likeness (QED) is 0.667. The molecular formula is C11H18ClN3S. The molecule has 1 rings (SSSR count). The highest BCUT2D eigenvalue weighted by molar-refractivity contribution is 7.16. The lowest BCUT2D eigenvalue weighted by Gasteiger charge is -2.17. The van der Waals surface area contributed by atoms with Gasteiger partial charge in [0.25, 0.3) is 0 Å². The molecule has 0 radical (unpaired) electrons. The van der Waals surface area contributed by atoms with Crippen molar-refractivity contribution in [2.75, 3.05) is 13.6 Å². The van der Waals surface area contributed by atoms with Crippen LogP contribution in [0.15, 0.2) is 17.1 Å². The zero-order valence-corrected chi connectivity index (χ0v) is 11.5. The van der Waals surface area contributed by atoms with Crippen LogP contribution in [0, 0.1) is 5.92 Å². The van der Waals surface area contributed by atoms with Gasteiger partial charge in [0.1, 0.15) is 0 Å². The Hall–Kier alpha value is -0.740. The van der Waals surface area contributed by atoms with Crippen LogP contribution in [-0.4, -0.2) is 24.5 Å². The molecule has 0 spiro atoms. The standard InChI is InChI=1S/C11H18ClN3S/c1-8(2)6-14-11(13)15(3)7-9-4-5-10(12)16-9/h4-5,8H,6-7H2,1-3H3,(H2,13,14). The van der Waals surface area contributed by atoms with Gasteiger partial charge in [-0.05, 0) is 18.1 Å². The molecule has 1 aromatic rings. The molecule has 2 N–H and O–H groups in total. The molecule has 0 bridgehead atoms. The highest BCUT2D eigenvalue weighted by Crippen LogP contribution is 2.22. The van der Waals surface area contributed by atoms with Crippen molar-refractivity contribution in [2.24, 2.45) is 16.6 Å². The molecule has 0 fully saturated rings. The first-order chi connectivity index (χ1) is 7.49. The van der Waals surface area contributed by atoms with Crippen molar-refractivity contribution >= 4 is 28.9 Å². The lowest BCUT2D eigenvalue weighted by Crippen LogP contribution is -2.33. The summed E-state index contributed by atoms with van der Waals surface area (Å²) < 4.78 is 0.807. The molecule has 0 unspecified atom stereocenters. The molecule has 0 saturated heterocycles. The van der Waals surface area contributed by atoms with Crippen molar-refractivity contribution in [3.8, 4) is 0 Å². The van der Waals surface area contributed by atoms with Gasteiger partial charge in [-0.15, -0.1) is 11.3 Å². The van der Waals surface area contributed by atoms with Crippen molar-refractivity contribution in [3.63, 3.8) is 0 Å². The van der Waals surface area contributed by atoms with Gasteiger partial charge in [-0.3, -0.25) is 4.99 Å². The summed E-state index contributed by atoms with van der Waals surface area (Å²) >= 11 is 7.44. The van der Waals surface area contributed by atoms with Crippen LogP contribution in [0.4, 0.5) is 0 Å². The summed E-state index contributed by atoms with van der Waals surface area (Å²) in [5, 5.41) is 0. The number of nitrogens with two attached hydrogens (primary N) is 1. The smallest absolute Gasteiger partial charge is 0.191 e. The zero-order chi connectivity index (χ0) is 12.1. The fourth-order valence-electron chi connectivity index (χ4n) is 1.15. The Labute approximate surface area is 106 Å². The van der Waals surface area contributed by atoms with E-state index >= 15 is 0 Å². The van der Waals surface area contributed by atoms with Gasteiger partial charge in [0.2, 0.25) is 0 Å². The maximum atomic E-state index is 5.87.